The Morgan fingerprint density at radius 1 is 1.32 bits per heavy atom. The highest BCUT2D eigenvalue weighted by molar-refractivity contribution is 6.07. The molecule has 0 radical (unpaired) electrons. The van der Waals surface area contributed by atoms with Crippen LogP contribution in [0.1, 0.15) is 51.9 Å². The minimum Gasteiger partial charge on any atom is -0.478 e. The van der Waals surface area contributed by atoms with Crippen LogP contribution in [0.15, 0.2) is 24.3 Å². The Hall–Kier alpha value is -2.89. The van der Waals surface area contributed by atoms with Crippen molar-refractivity contribution in [2.45, 2.75) is 53.5 Å². The molecule has 3 rings (SSSR count). The Balaban J connectivity index is 2.26. The van der Waals surface area contributed by atoms with Gasteiger partial charge in [0.15, 0.2) is 5.82 Å². The average Bonchev–Trinajstić information content (AvgIpc) is 2.97. The summed E-state index contributed by atoms with van der Waals surface area (Å²) in [6, 6.07) is 5.84. The van der Waals surface area contributed by atoms with Crippen molar-refractivity contribution in [3.05, 3.63) is 35.7 Å². The van der Waals surface area contributed by atoms with Crippen LogP contribution in [0, 0.1) is 5.92 Å². The molecule has 0 saturated heterocycles. The van der Waals surface area contributed by atoms with Crippen molar-refractivity contribution in [3.8, 4) is 0 Å². The Bertz CT molecular complexity index is 1060. The molecule has 0 amide bonds. The van der Waals surface area contributed by atoms with Crippen molar-refractivity contribution in [1.29, 1.82) is 0 Å². The highest BCUT2D eigenvalue weighted by Gasteiger charge is 2.18. The van der Waals surface area contributed by atoms with Crippen LogP contribution in [0.4, 0.5) is 5.82 Å². The molecule has 0 bridgehead atoms. The van der Waals surface area contributed by atoms with Crippen LogP contribution in [0.2, 0.25) is 0 Å². The van der Waals surface area contributed by atoms with Crippen LogP contribution >= 0.6 is 0 Å². The van der Waals surface area contributed by atoms with Crippen LogP contribution in [0.3, 0.4) is 0 Å². The number of allylic oxidation sites excluding steroid dienone is 1. The second kappa shape index (κ2) is 8.00. The van der Waals surface area contributed by atoms with E-state index in [0.29, 0.717) is 17.3 Å². The fourth-order valence-electron chi connectivity index (χ4n) is 3.56. The van der Waals surface area contributed by atoms with Gasteiger partial charge in [-0.3, -0.25) is 0 Å². The number of aliphatic carboxylic acids is 1. The topological polar surface area (TPSA) is 94.0 Å². The second-order valence-corrected chi connectivity index (χ2v) is 7.73. The minimum atomic E-state index is -0.962. The smallest absolute Gasteiger partial charge is 0.328 e. The number of fused-ring (bicyclic) bond motifs is 3. The number of aryl methyl sites for hydroxylation is 1. The highest BCUT2D eigenvalue weighted by Crippen LogP contribution is 2.31. The van der Waals surface area contributed by atoms with Crippen LogP contribution in [-0.2, 0) is 17.8 Å². The largest absolute Gasteiger partial charge is 0.478 e. The van der Waals surface area contributed by atoms with Gasteiger partial charge < -0.3 is 15.4 Å². The Morgan fingerprint density at radius 3 is 2.71 bits per heavy atom. The highest BCUT2D eigenvalue weighted by atomic mass is 16.4. The number of carbonyl (C=O) groups is 1. The van der Waals surface area contributed by atoms with Gasteiger partial charge in [0, 0.05) is 24.4 Å². The summed E-state index contributed by atoms with van der Waals surface area (Å²) in [4.78, 5) is 20.4. The third-order valence-corrected chi connectivity index (χ3v) is 4.88. The lowest BCUT2D eigenvalue weighted by Gasteiger charge is -2.13. The molecular weight excluding hydrogens is 352 g/mol. The first kappa shape index (κ1) is 19.9. The molecule has 0 spiro atoms. The molecule has 0 aliphatic carbocycles. The molecule has 0 atom stereocenters. The van der Waals surface area contributed by atoms with Gasteiger partial charge in [-0.1, -0.05) is 39.3 Å². The lowest BCUT2D eigenvalue weighted by Crippen LogP contribution is -2.09. The van der Waals surface area contributed by atoms with Crippen molar-refractivity contribution in [1.82, 2.24) is 14.5 Å². The number of nitrogens with zero attached hydrogens (tertiary/aromatic N) is 3. The molecule has 3 N–H and O–H groups in total. The third kappa shape index (κ3) is 3.86. The molecule has 0 aliphatic heterocycles. The van der Waals surface area contributed by atoms with Gasteiger partial charge in [0.2, 0.25) is 0 Å². The van der Waals surface area contributed by atoms with Crippen LogP contribution in [0.5, 0.6) is 0 Å². The molecule has 28 heavy (non-hydrogen) atoms. The van der Waals surface area contributed by atoms with Gasteiger partial charge >= 0.3 is 5.97 Å². The Kier molecular flexibility index (Phi) is 5.68. The molecule has 6 nitrogen and oxygen atoms in total. The van der Waals surface area contributed by atoms with Crippen molar-refractivity contribution >= 4 is 39.3 Å². The van der Waals surface area contributed by atoms with Gasteiger partial charge in [0.25, 0.3) is 0 Å². The molecule has 0 saturated carbocycles. The molecule has 3 aromatic rings. The maximum atomic E-state index is 11.0. The summed E-state index contributed by atoms with van der Waals surface area (Å²) in [5, 5.41) is 10.0. The second-order valence-electron chi connectivity index (χ2n) is 7.73. The molecule has 0 aliphatic rings. The zero-order valence-corrected chi connectivity index (χ0v) is 17.0. The molecule has 6 heteroatoms. The molecular formula is C22H28N4O2. The predicted octanol–water partition coefficient (Wildman–Crippen LogP) is 4.65. The van der Waals surface area contributed by atoms with Crippen molar-refractivity contribution in [2.75, 3.05) is 5.73 Å². The van der Waals surface area contributed by atoms with E-state index in [4.69, 9.17) is 15.8 Å². The summed E-state index contributed by atoms with van der Waals surface area (Å²) >= 11 is 0. The maximum absolute atomic E-state index is 11.0. The minimum absolute atomic E-state index is 0.416. The summed E-state index contributed by atoms with van der Waals surface area (Å²) in [6.07, 6.45) is 4.31. The summed E-state index contributed by atoms with van der Waals surface area (Å²) in [6.45, 7) is 9.22. The monoisotopic (exact) mass is 380 g/mol. The zero-order chi connectivity index (χ0) is 20.4. The lowest BCUT2D eigenvalue weighted by atomic mass is 10.0. The number of nitrogens with two attached hydrogens (primary N) is 1. The first-order valence-corrected chi connectivity index (χ1v) is 9.81. The molecule has 148 valence electrons. The number of unbranched alkanes of at least 4 members (excludes halogenated alkanes) is 1. The summed E-state index contributed by atoms with van der Waals surface area (Å²) in [5.41, 5.74) is 10.3. The van der Waals surface area contributed by atoms with Gasteiger partial charge in [-0.15, -0.1) is 0 Å². The number of aromatic nitrogens is 3. The van der Waals surface area contributed by atoms with Gasteiger partial charge in [-0.25, -0.2) is 14.8 Å². The van der Waals surface area contributed by atoms with Crippen molar-refractivity contribution in [3.63, 3.8) is 0 Å². The third-order valence-electron chi connectivity index (χ3n) is 4.88. The summed E-state index contributed by atoms with van der Waals surface area (Å²) in [7, 11) is 0. The molecule has 2 heterocycles. The number of carboxylic acid groups (broad SMARTS) is 1. The number of nitrogen functional groups attached to an aromatic ring is 1. The quantitative estimate of drug-likeness (QED) is 0.582. The van der Waals surface area contributed by atoms with E-state index in [1.54, 1.807) is 6.92 Å². The van der Waals surface area contributed by atoms with E-state index in [2.05, 4.69) is 30.3 Å². The van der Waals surface area contributed by atoms with E-state index in [-0.39, 0.29) is 0 Å². The Labute approximate surface area is 165 Å². The fourth-order valence-corrected chi connectivity index (χ4v) is 3.56. The molecule has 1 aromatic carbocycles. The first-order chi connectivity index (χ1) is 13.3. The fraction of sp³-hybridized carbons (Fsp3) is 0.409. The van der Waals surface area contributed by atoms with Gasteiger partial charge in [-0.2, -0.15) is 0 Å². The first-order valence-electron chi connectivity index (χ1n) is 9.81. The van der Waals surface area contributed by atoms with Crippen molar-refractivity contribution in [2.24, 2.45) is 5.92 Å². The summed E-state index contributed by atoms with van der Waals surface area (Å²) in [5.74, 6) is 0.982. The number of benzene rings is 1. The van der Waals surface area contributed by atoms with E-state index >= 15 is 0 Å². The number of hydrogen-bond acceptors (Lipinski definition) is 4. The lowest BCUT2D eigenvalue weighted by molar-refractivity contribution is -0.131. The number of imidazole rings is 1. The number of rotatable bonds is 7. The molecule has 2 aromatic heterocycles. The van der Waals surface area contributed by atoms with Gasteiger partial charge in [0.05, 0.1) is 11.0 Å². The van der Waals surface area contributed by atoms with Crippen molar-refractivity contribution < 1.29 is 9.90 Å². The number of hydrogen-bond donors (Lipinski definition) is 2. The van der Waals surface area contributed by atoms with E-state index in [1.165, 1.54) is 6.08 Å². The molecule has 0 fully saturated rings. The molecule has 0 unspecified atom stereocenters. The number of pyridine rings is 1. The Morgan fingerprint density at radius 2 is 2.07 bits per heavy atom. The standard InChI is InChI=1S/C22H28N4O2/c1-5-6-7-18-25-20-21(26(18)12-13(2)3)16-9-8-15(14(4)10-19(27)28)11-17(16)24-22(20)23/h8-11,13H,5-7,12H2,1-4H3,(H2,23,24)(H,27,28)/b14-10+. The van der Waals surface area contributed by atoms with Crippen LogP contribution < -0.4 is 5.73 Å². The predicted molar refractivity (Wildman–Crippen MR) is 114 cm³/mol. The number of anilines is 1. The van der Waals surface area contributed by atoms with Crippen LogP contribution in [0.25, 0.3) is 27.5 Å². The summed E-state index contributed by atoms with van der Waals surface area (Å²) < 4.78 is 2.29. The normalized spacial score (nSPS) is 12.4. The number of carboxylic acids is 1. The van der Waals surface area contributed by atoms with Crippen LogP contribution in [-0.4, -0.2) is 25.6 Å². The average molecular weight is 380 g/mol. The SMILES string of the molecule is CCCCc1nc2c(N)nc3cc(/C(C)=C/C(=O)O)ccc3c2n1CC(C)C. The van der Waals surface area contributed by atoms with E-state index in [9.17, 15) is 4.79 Å². The van der Waals surface area contributed by atoms with Gasteiger partial charge in [-0.05, 0) is 36.5 Å². The van der Waals surface area contributed by atoms with E-state index < -0.39 is 5.97 Å². The zero-order valence-electron chi connectivity index (χ0n) is 17.0. The van der Waals surface area contributed by atoms with E-state index in [0.717, 1.165) is 59.1 Å². The van der Waals surface area contributed by atoms with E-state index in [1.807, 2.05) is 18.2 Å². The van der Waals surface area contributed by atoms with Gasteiger partial charge in [0.1, 0.15) is 11.3 Å². The maximum Gasteiger partial charge on any atom is 0.328 e.